The number of aryl methyl sites for hydroxylation is 1. The molecule has 1 aliphatic heterocycles. The van der Waals surface area contributed by atoms with Crippen molar-refractivity contribution >= 4 is 22.7 Å². The minimum Gasteiger partial charge on any atom is -0.504 e. The second-order valence-electron chi connectivity index (χ2n) is 4.48. The molecule has 0 unspecified atom stereocenters. The van der Waals surface area contributed by atoms with E-state index in [0.717, 1.165) is 22.6 Å². The first-order valence-electron chi connectivity index (χ1n) is 5.75. The quantitative estimate of drug-likeness (QED) is 0.490. The molecule has 0 amide bonds. The monoisotopic (exact) mass is 242 g/mol. The summed E-state index contributed by atoms with van der Waals surface area (Å²) >= 11 is 0. The van der Waals surface area contributed by atoms with E-state index in [1.54, 1.807) is 6.07 Å². The third-order valence-electron chi connectivity index (χ3n) is 3.31. The largest absolute Gasteiger partial charge is 0.504 e. The van der Waals surface area contributed by atoms with Crippen LogP contribution in [0.25, 0.3) is 0 Å². The molecule has 2 aromatic rings. The minimum absolute atomic E-state index is 0.101. The summed E-state index contributed by atoms with van der Waals surface area (Å²) in [6.07, 6.45) is 0. The van der Waals surface area contributed by atoms with Crippen LogP contribution >= 0.6 is 0 Å². The Bertz CT molecular complexity index is 638. The predicted octanol–water partition coefficient (Wildman–Crippen LogP) is 3.23. The maximum Gasteiger partial charge on any atom is 0.183 e. The number of anilines is 4. The van der Waals surface area contributed by atoms with E-state index in [9.17, 15) is 10.2 Å². The van der Waals surface area contributed by atoms with Crippen molar-refractivity contribution in [2.24, 2.45) is 0 Å². The molecule has 0 fully saturated rings. The van der Waals surface area contributed by atoms with Gasteiger partial charge in [-0.2, -0.15) is 0 Å². The smallest absolute Gasteiger partial charge is 0.183 e. The minimum atomic E-state index is -0.112. The van der Waals surface area contributed by atoms with E-state index in [1.165, 1.54) is 6.07 Å². The fraction of sp³-hybridized carbons (Fsp3) is 0.143. The molecule has 18 heavy (non-hydrogen) atoms. The van der Waals surface area contributed by atoms with Crippen LogP contribution in [0.2, 0.25) is 0 Å². The van der Waals surface area contributed by atoms with Gasteiger partial charge >= 0.3 is 0 Å². The van der Waals surface area contributed by atoms with E-state index in [-0.39, 0.29) is 11.5 Å². The molecule has 0 aliphatic carbocycles. The van der Waals surface area contributed by atoms with Crippen molar-refractivity contribution in [2.45, 2.75) is 6.92 Å². The number of rotatable bonds is 0. The zero-order valence-electron chi connectivity index (χ0n) is 10.2. The second kappa shape index (κ2) is 3.57. The molecule has 4 heteroatoms. The van der Waals surface area contributed by atoms with E-state index in [2.05, 4.69) is 5.32 Å². The maximum atomic E-state index is 10.00. The molecule has 1 heterocycles. The number of benzene rings is 2. The Labute approximate surface area is 105 Å². The number of phenolic OH excluding ortho intramolecular Hbond substituents is 2. The van der Waals surface area contributed by atoms with Crippen LogP contribution in [0.15, 0.2) is 30.3 Å². The second-order valence-corrected chi connectivity index (χ2v) is 4.48. The molecule has 0 saturated carbocycles. The summed E-state index contributed by atoms with van der Waals surface area (Å²) in [5.74, 6) is -0.212. The number of hydrogen-bond donors (Lipinski definition) is 3. The molecule has 4 nitrogen and oxygen atoms in total. The number of aromatic hydroxyl groups is 2. The topological polar surface area (TPSA) is 55.7 Å². The zero-order chi connectivity index (χ0) is 12.9. The number of fused-ring (bicyclic) bond motifs is 2. The Kier molecular flexibility index (Phi) is 2.13. The molecular formula is C14H14N2O2. The Morgan fingerprint density at radius 1 is 1.00 bits per heavy atom. The van der Waals surface area contributed by atoms with Gasteiger partial charge in [-0.25, -0.2) is 0 Å². The molecule has 0 atom stereocenters. The SMILES string of the molecule is Cc1cccc2c1N(C)c1c(ccc(O)c1O)N2. The van der Waals surface area contributed by atoms with E-state index in [1.807, 2.05) is 37.1 Å². The Balaban J connectivity index is 2.26. The molecule has 2 aromatic carbocycles. The van der Waals surface area contributed by atoms with Crippen molar-refractivity contribution in [3.8, 4) is 11.5 Å². The summed E-state index contributed by atoms with van der Waals surface area (Å²) in [6, 6.07) is 9.23. The van der Waals surface area contributed by atoms with Crippen LogP contribution in [-0.2, 0) is 0 Å². The molecule has 0 radical (unpaired) electrons. The number of nitrogens with zero attached hydrogens (tertiary/aromatic N) is 1. The van der Waals surface area contributed by atoms with Crippen molar-refractivity contribution in [1.29, 1.82) is 0 Å². The highest BCUT2D eigenvalue weighted by Crippen LogP contribution is 2.50. The van der Waals surface area contributed by atoms with Gasteiger partial charge in [-0.3, -0.25) is 0 Å². The Morgan fingerprint density at radius 3 is 2.50 bits per heavy atom. The van der Waals surface area contributed by atoms with Gasteiger partial charge in [-0.15, -0.1) is 0 Å². The van der Waals surface area contributed by atoms with Crippen LogP contribution in [-0.4, -0.2) is 17.3 Å². The van der Waals surface area contributed by atoms with Gasteiger partial charge in [-0.1, -0.05) is 12.1 Å². The standard InChI is InChI=1S/C14H14N2O2/c1-8-4-3-5-9-12(8)16(2)13-10(15-9)6-7-11(17)14(13)18/h3-7,15,17-18H,1-2H3. The third kappa shape index (κ3) is 1.32. The number of hydrogen-bond acceptors (Lipinski definition) is 4. The van der Waals surface area contributed by atoms with Crippen LogP contribution in [0.4, 0.5) is 22.7 Å². The van der Waals surface area contributed by atoms with Crippen molar-refractivity contribution in [2.75, 3.05) is 17.3 Å². The average Bonchev–Trinajstić information content (AvgIpc) is 2.34. The first kappa shape index (κ1) is 10.8. The van der Waals surface area contributed by atoms with Gasteiger partial charge in [0.05, 0.1) is 17.1 Å². The molecule has 92 valence electrons. The lowest BCUT2D eigenvalue weighted by Gasteiger charge is -2.32. The molecule has 0 saturated heterocycles. The van der Waals surface area contributed by atoms with Crippen LogP contribution in [0.1, 0.15) is 5.56 Å². The lowest BCUT2D eigenvalue weighted by molar-refractivity contribution is 0.405. The van der Waals surface area contributed by atoms with E-state index in [4.69, 9.17) is 0 Å². The highest BCUT2D eigenvalue weighted by molar-refractivity contribution is 5.96. The van der Waals surface area contributed by atoms with Gasteiger partial charge in [0, 0.05) is 7.05 Å². The van der Waals surface area contributed by atoms with Gasteiger partial charge in [0.15, 0.2) is 11.5 Å². The molecule has 3 N–H and O–H groups in total. The molecule has 0 aromatic heterocycles. The molecule has 1 aliphatic rings. The zero-order valence-corrected chi connectivity index (χ0v) is 10.2. The van der Waals surface area contributed by atoms with Gasteiger partial charge in [-0.05, 0) is 30.7 Å². The van der Waals surface area contributed by atoms with Crippen LogP contribution in [0.5, 0.6) is 11.5 Å². The van der Waals surface area contributed by atoms with E-state index < -0.39 is 0 Å². The summed E-state index contributed by atoms with van der Waals surface area (Å²) in [5, 5.41) is 22.9. The summed E-state index contributed by atoms with van der Waals surface area (Å²) in [4.78, 5) is 1.89. The van der Waals surface area contributed by atoms with Gasteiger partial charge < -0.3 is 20.4 Å². The summed E-state index contributed by atoms with van der Waals surface area (Å²) < 4.78 is 0. The fourth-order valence-electron chi connectivity index (χ4n) is 2.47. The summed E-state index contributed by atoms with van der Waals surface area (Å²) in [7, 11) is 1.88. The number of nitrogens with one attached hydrogen (secondary N) is 1. The molecule has 3 rings (SSSR count). The van der Waals surface area contributed by atoms with E-state index in [0.29, 0.717) is 5.69 Å². The molecular weight excluding hydrogens is 228 g/mol. The molecule has 0 bridgehead atoms. The number of para-hydroxylation sites is 1. The predicted molar refractivity (Wildman–Crippen MR) is 72.3 cm³/mol. The number of phenols is 2. The maximum absolute atomic E-state index is 10.00. The van der Waals surface area contributed by atoms with Crippen molar-refractivity contribution in [1.82, 2.24) is 0 Å². The average molecular weight is 242 g/mol. The summed E-state index contributed by atoms with van der Waals surface area (Å²) in [5.41, 5.74) is 4.49. The van der Waals surface area contributed by atoms with Crippen molar-refractivity contribution < 1.29 is 10.2 Å². The first-order valence-corrected chi connectivity index (χ1v) is 5.75. The van der Waals surface area contributed by atoms with Crippen LogP contribution < -0.4 is 10.2 Å². The van der Waals surface area contributed by atoms with Crippen molar-refractivity contribution in [3.05, 3.63) is 35.9 Å². The Hall–Kier alpha value is -2.36. The van der Waals surface area contributed by atoms with Crippen LogP contribution in [0, 0.1) is 6.92 Å². The van der Waals surface area contributed by atoms with Gasteiger partial charge in [0.2, 0.25) is 0 Å². The van der Waals surface area contributed by atoms with E-state index >= 15 is 0 Å². The fourth-order valence-corrected chi connectivity index (χ4v) is 2.47. The highest BCUT2D eigenvalue weighted by atomic mass is 16.3. The highest BCUT2D eigenvalue weighted by Gasteiger charge is 2.25. The van der Waals surface area contributed by atoms with Crippen LogP contribution in [0.3, 0.4) is 0 Å². The Morgan fingerprint density at radius 2 is 1.72 bits per heavy atom. The first-order chi connectivity index (χ1) is 8.59. The third-order valence-corrected chi connectivity index (χ3v) is 3.31. The normalized spacial score (nSPS) is 12.7. The molecule has 0 spiro atoms. The van der Waals surface area contributed by atoms with Gasteiger partial charge in [0.25, 0.3) is 0 Å². The van der Waals surface area contributed by atoms with Gasteiger partial charge in [0.1, 0.15) is 5.69 Å². The summed E-state index contributed by atoms with van der Waals surface area (Å²) in [6.45, 7) is 2.02. The lowest BCUT2D eigenvalue weighted by Crippen LogP contribution is -2.18. The lowest BCUT2D eigenvalue weighted by atomic mass is 10.1. The van der Waals surface area contributed by atoms with Crippen molar-refractivity contribution in [3.63, 3.8) is 0 Å².